The van der Waals surface area contributed by atoms with Gasteiger partial charge in [0, 0.05) is 26.1 Å². The molecule has 0 aliphatic heterocycles. The molecule has 9 nitrogen and oxygen atoms in total. The number of hydrogen-bond donors (Lipinski definition) is 1. The fourth-order valence-corrected chi connectivity index (χ4v) is 4.99. The molecule has 0 fully saturated rings. The lowest BCUT2D eigenvalue weighted by atomic mass is 10.2. The standard InChI is InChI=1S/C22H29N5O4S/c1-5-26(6-2)32(29,30)17-10-11-20-18(15-17)24-25-27(20)13-7-8-22(28)23-19-14-16(3)9-12-21(19)31-4/h9-12,14-15H,5-8,13H2,1-4H3,(H,23,28). The van der Waals surface area contributed by atoms with Crippen molar-refractivity contribution in [2.24, 2.45) is 0 Å². The van der Waals surface area contributed by atoms with Crippen molar-refractivity contribution >= 4 is 32.7 Å². The number of hydrogen-bond acceptors (Lipinski definition) is 6. The fraction of sp³-hybridized carbons (Fsp3) is 0.409. The van der Waals surface area contributed by atoms with E-state index in [4.69, 9.17) is 4.74 Å². The van der Waals surface area contributed by atoms with Crippen LogP contribution in [-0.4, -0.2) is 53.8 Å². The Morgan fingerprint density at radius 2 is 1.91 bits per heavy atom. The van der Waals surface area contributed by atoms with Gasteiger partial charge in [-0.2, -0.15) is 4.31 Å². The highest BCUT2D eigenvalue weighted by Gasteiger charge is 2.22. The summed E-state index contributed by atoms with van der Waals surface area (Å²) >= 11 is 0. The Bertz CT molecular complexity index is 1200. The number of aryl methyl sites for hydroxylation is 2. The quantitative estimate of drug-likeness (QED) is 0.499. The normalized spacial score (nSPS) is 11.8. The zero-order valence-corrected chi connectivity index (χ0v) is 19.6. The van der Waals surface area contributed by atoms with E-state index in [0.717, 1.165) is 11.1 Å². The fourth-order valence-electron chi connectivity index (χ4n) is 3.51. The van der Waals surface area contributed by atoms with Crippen LogP contribution in [0.3, 0.4) is 0 Å². The van der Waals surface area contributed by atoms with Crippen molar-refractivity contribution in [1.29, 1.82) is 0 Å². The topological polar surface area (TPSA) is 106 Å². The third-order valence-electron chi connectivity index (χ3n) is 5.23. The minimum atomic E-state index is -3.56. The number of ether oxygens (including phenoxy) is 1. The Kier molecular flexibility index (Phi) is 7.47. The molecule has 3 aromatic rings. The molecule has 0 saturated carbocycles. The van der Waals surface area contributed by atoms with Crippen LogP contribution < -0.4 is 10.1 Å². The van der Waals surface area contributed by atoms with Crippen LogP contribution in [0.15, 0.2) is 41.3 Å². The van der Waals surface area contributed by atoms with Gasteiger partial charge in [-0.25, -0.2) is 13.1 Å². The van der Waals surface area contributed by atoms with Crippen LogP contribution >= 0.6 is 0 Å². The molecule has 0 bridgehead atoms. The number of fused-ring (bicyclic) bond motifs is 1. The first-order valence-corrected chi connectivity index (χ1v) is 12.0. The van der Waals surface area contributed by atoms with E-state index in [1.807, 2.05) is 25.1 Å². The van der Waals surface area contributed by atoms with E-state index in [-0.39, 0.29) is 10.8 Å². The second-order valence-electron chi connectivity index (χ2n) is 7.41. The molecule has 1 amide bonds. The molecule has 0 radical (unpaired) electrons. The van der Waals surface area contributed by atoms with E-state index in [1.54, 1.807) is 43.8 Å². The molecule has 10 heteroatoms. The van der Waals surface area contributed by atoms with Crippen molar-refractivity contribution in [2.45, 2.75) is 45.1 Å². The lowest BCUT2D eigenvalue weighted by Gasteiger charge is -2.18. The van der Waals surface area contributed by atoms with Gasteiger partial charge in [0.05, 0.1) is 23.2 Å². The molecule has 0 atom stereocenters. The zero-order chi connectivity index (χ0) is 23.3. The predicted molar refractivity (Wildman–Crippen MR) is 123 cm³/mol. The first-order chi connectivity index (χ1) is 15.3. The van der Waals surface area contributed by atoms with E-state index in [1.165, 1.54) is 4.31 Å². The van der Waals surface area contributed by atoms with Crippen LogP contribution in [0.5, 0.6) is 5.75 Å². The van der Waals surface area contributed by atoms with Crippen molar-refractivity contribution < 1.29 is 17.9 Å². The molecule has 0 aliphatic carbocycles. The van der Waals surface area contributed by atoms with Gasteiger partial charge in [0.15, 0.2) is 0 Å². The minimum absolute atomic E-state index is 0.120. The summed E-state index contributed by atoms with van der Waals surface area (Å²) in [6.07, 6.45) is 0.852. The van der Waals surface area contributed by atoms with Crippen molar-refractivity contribution in [3.05, 3.63) is 42.0 Å². The Hall–Kier alpha value is -2.98. The van der Waals surface area contributed by atoms with Gasteiger partial charge in [0.1, 0.15) is 11.3 Å². The highest BCUT2D eigenvalue weighted by Crippen LogP contribution is 2.25. The SMILES string of the molecule is CCN(CC)S(=O)(=O)c1ccc2c(c1)nnn2CCCC(=O)Nc1cc(C)ccc1OC. The average molecular weight is 460 g/mol. The van der Waals surface area contributed by atoms with Crippen LogP contribution in [0.4, 0.5) is 5.69 Å². The third-order valence-corrected chi connectivity index (χ3v) is 7.28. The Labute approximate surface area is 188 Å². The summed E-state index contributed by atoms with van der Waals surface area (Å²) in [5, 5.41) is 11.1. The molecule has 32 heavy (non-hydrogen) atoms. The van der Waals surface area contributed by atoms with E-state index in [0.29, 0.717) is 49.4 Å². The number of carbonyl (C=O) groups excluding carboxylic acids is 1. The van der Waals surface area contributed by atoms with E-state index >= 15 is 0 Å². The Balaban J connectivity index is 1.65. The number of nitrogens with zero attached hydrogens (tertiary/aromatic N) is 4. The average Bonchev–Trinajstić information content (AvgIpc) is 3.17. The van der Waals surface area contributed by atoms with Crippen molar-refractivity contribution in [1.82, 2.24) is 19.3 Å². The van der Waals surface area contributed by atoms with Gasteiger partial charge in [0.25, 0.3) is 0 Å². The van der Waals surface area contributed by atoms with E-state index in [2.05, 4.69) is 15.6 Å². The number of sulfonamides is 1. The monoisotopic (exact) mass is 459 g/mol. The maximum atomic E-state index is 12.7. The van der Waals surface area contributed by atoms with Gasteiger partial charge in [-0.05, 0) is 49.2 Å². The minimum Gasteiger partial charge on any atom is -0.495 e. The maximum absolute atomic E-state index is 12.7. The lowest BCUT2D eigenvalue weighted by molar-refractivity contribution is -0.116. The molecule has 0 spiro atoms. The number of aromatic nitrogens is 3. The van der Waals surface area contributed by atoms with Gasteiger partial charge < -0.3 is 10.1 Å². The molecule has 0 unspecified atom stereocenters. The molecular formula is C22H29N5O4S. The third kappa shape index (κ3) is 5.08. The summed E-state index contributed by atoms with van der Waals surface area (Å²) < 4.78 is 33.8. The molecule has 172 valence electrons. The van der Waals surface area contributed by atoms with Crippen LogP contribution in [0.1, 0.15) is 32.3 Å². The van der Waals surface area contributed by atoms with Crippen LogP contribution in [0, 0.1) is 6.92 Å². The van der Waals surface area contributed by atoms with Gasteiger partial charge >= 0.3 is 0 Å². The number of nitrogens with one attached hydrogen (secondary N) is 1. The van der Waals surface area contributed by atoms with Crippen molar-refractivity contribution in [3.63, 3.8) is 0 Å². The number of carbonyl (C=O) groups is 1. The number of benzene rings is 2. The Morgan fingerprint density at radius 1 is 1.16 bits per heavy atom. The zero-order valence-electron chi connectivity index (χ0n) is 18.8. The summed E-state index contributed by atoms with van der Waals surface area (Å²) in [7, 11) is -1.99. The molecule has 3 rings (SSSR count). The number of amides is 1. The van der Waals surface area contributed by atoms with Gasteiger partial charge in [-0.3, -0.25) is 4.79 Å². The van der Waals surface area contributed by atoms with Crippen molar-refractivity contribution in [3.8, 4) is 5.75 Å². The predicted octanol–water partition coefficient (Wildman–Crippen LogP) is 3.20. The number of methoxy groups -OCH3 is 1. The van der Waals surface area contributed by atoms with Crippen molar-refractivity contribution in [2.75, 3.05) is 25.5 Å². The van der Waals surface area contributed by atoms with E-state index in [9.17, 15) is 13.2 Å². The largest absolute Gasteiger partial charge is 0.495 e. The van der Waals surface area contributed by atoms with Gasteiger partial charge in [-0.15, -0.1) is 5.10 Å². The summed E-state index contributed by atoms with van der Waals surface area (Å²) in [5.74, 6) is 0.493. The summed E-state index contributed by atoms with van der Waals surface area (Å²) in [6.45, 7) is 6.85. The maximum Gasteiger partial charge on any atom is 0.243 e. The summed E-state index contributed by atoms with van der Waals surface area (Å²) in [4.78, 5) is 12.6. The van der Waals surface area contributed by atoms with Gasteiger partial charge in [-0.1, -0.05) is 25.1 Å². The molecule has 1 aromatic heterocycles. The lowest BCUT2D eigenvalue weighted by Crippen LogP contribution is -2.30. The smallest absolute Gasteiger partial charge is 0.243 e. The molecule has 0 saturated heterocycles. The van der Waals surface area contributed by atoms with Crippen LogP contribution in [0.25, 0.3) is 11.0 Å². The molecule has 1 heterocycles. The number of rotatable bonds is 10. The first-order valence-electron chi connectivity index (χ1n) is 10.6. The highest BCUT2D eigenvalue weighted by molar-refractivity contribution is 7.89. The molecule has 0 aliphatic rings. The van der Waals surface area contributed by atoms with Gasteiger partial charge in [0.2, 0.25) is 15.9 Å². The first kappa shape index (κ1) is 23.7. The molecule has 1 N–H and O–H groups in total. The Morgan fingerprint density at radius 3 is 2.59 bits per heavy atom. The summed E-state index contributed by atoms with van der Waals surface area (Å²) in [6, 6.07) is 10.4. The molecule has 2 aromatic carbocycles. The highest BCUT2D eigenvalue weighted by atomic mass is 32.2. The van der Waals surface area contributed by atoms with Crippen LogP contribution in [-0.2, 0) is 21.4 Å². The second kappa shape index (κ2) is 10.1. The summed E-state index contributed by atoms with van der Waals surface area (Å²) in [5.41, 5.74) is 2.90. The molecular weight excluding hydrogens is 430 g/mol. The van der Waals surface area contributed by atoms with Crippen LogP contribution in [0.2, 0.25) is 0 Å². The second-order valence-corrected chi connectivity index (χ2v) is 9.35. The van der Waals surface area contributed by atoms with E-state index < -0.39 is 10.0 Å². The number of anilines is 1.